The molecule has 1 N–H and O–H groups in total. The van der Waals surface area contributed by atoms with Crippen LogP contribution in [0.4, 0.5) is 0 Å². The van der Waals surface area contributed by atoms with E-state index < -0.39 is 11.5 Å². The minimum absolute atomic E-state index is 0.0248. The number of amides is 2. The topological polar surface area (TPSA) is 55.9 Å². The van der Waals surface area contributed by atoms with Gasteiger partial charge in [0.25, 0.3) is 0 Å². The molecule has 1 saturated heterocycles. The third-order valence-electron chi connectivity index (χ3n) is 4.70. The summed E-state index contributed by atoms with van der Waals surface area (Å²) in [7, 11) is 4.06. The number of carbonyl (C=O) groups excluding carboxylic acids is 2. The molecule has 1 atom stereocenters. The fourth-order valence-corrected chi connectivity index (χ4v) is 2.36. The van der Waals surface area contributed by atoms with E-state index in [0.717, 1.165) is 26.2 Å². The van der Waals surface area contributed by atoms with E-state index in [9.17, 15) is 9.59 Å². The number of nitrogens with one attached hydrogen (secondary N) is 1. The Morgan fingerprint density at radius 2 is 1.54 bits per heavy atom. The lowest BCUT2D eigenvalue weighted by molar-refractivity contribution is -0.140. The molecule has 1 aliphatic heterocycles. The molecule has 0 spiro atoms. The van der Waals surface area contributed by atoms with Crippen LogP contribution in [-0.2, 0) is 9.59 Å². The highest BCUT2D eigenvalue weighted by atomic mass is 16.2. The molecule has 140 valence electrons. The highest BCUT2D eigenvalue weighted by Gasteiger charge is 2.33. The van der Waals surface area contributed by atoms with Crippen LogP contribution in [0.3, 0.4) is 0 Å². The molecule has 1 rings (SSSR count). The van der Waals surface area contributed by atoms with Gasteiger partial charge in [-0.05, 0) is 34.9 Å². The zero-order valence-corrected chi connectivity index (χ0v) is 16.8. The maximum atomic E-state index is 13.0. The molecule has 24 heavy (non-hydrogen) atoms. The molecule has 0 radical (unpaired) electrons. The molecule has 2 amide bonds. The largest absolute Gasteiger partial charge is 0.343 e. The first kappa shape index (κ1) is 20.9. The number of rotatable bonds is 4. The maximum absolute atomic E-state index is 13.0. The van der Waals surface area contributed by atoms with Crippen molar-refractivity contribution in [3.05, 3.63) is 0 Å². The smallest absolute Gasteiger partial charge is 0.246 e. The molecule has 0 aromatic rings. The van der Waals surface area contributed by atoms with Gasteiger partial charge in [-0.3, -0.25) is 14.5 Å². The monoisotopic (exact) mass is 340 g/mol. The SMILES string of the molecule is CN1CCN(C(=O)C(CN(C)C(C)(C)C)NC(=O)C(C)(C)C)CC1. The van der Waals surface area contributed by atoms with Crippen LogP contribution in [0, 0.1) is 5.41 Å². The fraction of sp³-hybridized carbons (Fsp3) is 0.889. The summed E-state index contributed by atoms with van der Waals surface area (Å²) < 4.78 is 0. The number of likely N-dealkylation sites (N-methyl/N-ethyl adjacent to an activating group) is 2. The van der Waals surface area contributed by atoms with E-state index in [2.05, 4.69) is 42.9 Å². The molecule has 0 bridgehead atoms. The standard InChI is InChI=1S/C18H36N4O2/c1-17(2,3)16(24)19-14(13-21(8)18(4,5)6)15(23)22-11-9-20(7)10-12-22/h14H,9-13H2,1-8H3,(H,19,24). The second-order valence-electron chi connectivity index (χ2n) is 8.96. The normalized spacial score (nSPS) is 18.6. The van der Waals surface area contributed by atoms with E-state index in [-0.39, 0.29) is 17.4 Å². The molecule has 1 heterocycles. The van der Waals surface area contributed by atoms with Crippen molar-refractivity contribution in [3.8, 4) is 0 Å². The van der Waals surface area contributed by atoms with Gasteiger partial charge in [-0.25, -0.2) is 0 Å². The van der Waals surface area contributed by atoms with Gasteiger partial charge in [0.05, 0.1) is 0 Å². The number of carbonyl (C=O) groups is 2. The van der Waals surface area contributed by atoms with Gasteiger partial charge in [-0.2, -0.15) is 0 Å². The van der Waals surface area contributed by atoms with E-state index in [1.54, 1.807) is 0 Å². The van der Waals surface area contributed by atoms with E-state index in [4.69, 9.17) is 0 Å². The van der Waals surface area contributed by atoms with Gasteiger partial charge >= 0.3 is 0 Å². The Balaban J connectivity index is 2.87. The van der Waals surface area contributed by atoms with Crippen molar-refractivity contribution < 1.29 is 9.59 Å². The minimum Gasteiger partial charge on any atom is -0.343 e. The van der Waals surface area contributed by atoms with Crippen LogP contribution in [-0.4, -0.2) is 84.9 Å². The van der Waals surface area contributed by atoms with Crippen LogP contribution in [0.1, 0.15) is 41.5 Å². The molecule has 0 aromatic carbocycles. The molecule has 0 aliphatic carbocycles. The summed E-state index contributed by atoms with van der Waals surface area (Å²) >= 11 is 0. The second kappa shape index (κ2) is 7.83. The molecule has 1 unspecified atom stereocenters. The molecule has 1 aliphatic rings. The van der Waals surface area contributed by atoms with E-state index >= 15 is 0 Å². The van der Waals surface area contributed by atoms with Gasteiger partial charge in [-0.1, -0.05) is 20.8 Å². The summed E-state index contributed by atoms with van der Waals surface area (Å²) in [5.41, 5.74) is -0.575. The summed E-state index contributed by atoms with van der Waals surface area (Å²) in [4.78, 5) is 31.6. The Labute approximate surface area is 147 Å². The molecular formula is C18H36N4O2. The summed E-state index contributed by atoms with van der Waals surface area (Å²) in [6, 6.07) is -0.510. The molecule has 0 saturated carbocycles. The van der Waals surface area contributed by atoms with E-state index in [1.165, 1.54) is 0 Å². The number of hydrogen-bond donors (Lipinski definition) is 1. The summed E-state index contributed by atoms with van der Waals surface area (Å²) in [6.07, 6.45) is 0. The van der Waals surface area contributed by atoms with Gasteiger partial charge in [0.15, 0.2) is 0 Å². The Bertz CT molecular complexity index is 443. The Hall–Kier alpha value is -1.14. The highest BCUT2D eigenvalue weighted by molar-refractivity contribution is 5.89. The Kier molecular flexibility index (Phi) is 6.82. The molecule has 0 aromatic heterocycles. The van der Waals surface area contributed by atoms with Gasteiger partial charge in [0, 0.05) is 43.7 Å². The Morgan fingerprint density at radius 3 is 1.96 bits per heavy atom. The second-order valence-corrected chi connectivity index (χ2v) is 8.96. The van der Waals surface area contributed by atoms with Crippen LogP contribution in [0.5, 0.6) is 0 Å². The average molecular weight is 341 g/mol. The van der Waals surface area contributed by atoms with Gasteiger partial charge in [0.1, 0.15) is 6.04 Å². The highest BCUT2D eigenvalue weighted by Crippen LogP contribution is 2.16. The third-order valence-corrected chi connectivity index (χ3v) is 4.70. The number of nitrogens with zero attached hydrogens (tertiary/aromatic N) is 3. The predicted molar refractivity (Wildman–Crippen MR) is 97.8 cm³/mol. The lowest BCUT2D eigenvalue weighted by atomic mass is 9.95. The van der Waals surface area contributed by atoms with E-state index in [0.29, 0.717) is 6.54 Å². The predicted octanol–water partition coefficient (Wildman–Crippen LogP) is 1.02. The van der Waals surface area contributed by atoms with Crippen LogP contribution in [0.2, 0.25) is 0 Å². The van der Waals surface area contributed by atoms with Gasteiger partial charge in [0.2, 0.25) is 11.8 Å². The molecule has 1 fully saturated rings. The van der Waals surface area contributed by atoms with Crippen molar-refractivity contribution in [1.29, 1.82) is 0 Å². The fourth-order valence-electron chi connectivity index (χ4n) is 2.36. The molecule has 6 nitrogen and oxygen atoms in total. The van der Waals surface area contributed by atoms with E-state index in [1.807, 2.05) is 32.7 Å². The molecular weight excluding hydrogens is 304 g/mol. The zero-order valence-electron chi connectivity index (χ0n) is 16.8. The minimum atomic E-state index is -0.513. The first-order chi connectivity index (χ1) is 10.8. The quantitative estimate of drug-likeness (QED) is 0.830. The van der Waals surface area contributed by atoms with Crippen molar-refractivity contribution in [3.63, 3.8) is 0 Å². The molecule has 6 heteroatoms. The summed E-state index contributed by atoms with van der Waals surface area (Å²) in [5, 5.41) is 2.98. The van der Waals surface area contributed by atoms with Crippen molar-refractivity contribution in [1.82, 2.24) is 20.0 Å². The Morgan fingerprint density at radius 1 is 1.04 bits per heavy atom. The van der Waals surface area contributed by atoms with Crippen molar-refractivity contribution in [2.45, 2.75) is 53.1 Å². The average Bonchev–Trinajstić information content (AvgIpc) is 2.44. The number of piperazine rings is 1. The maximum Gasteiger partial charge on any atom is 0.246 e. The lowest BCUT2D eigenvalue weighted by Gasteiger charge is -2.39. The van der Waals surface area contributed by atoms with Crippen LogP contribution < -0.4 is 5.32 Å². The zero-order chi connectivity index (χ0) is 18.7. The van der Waals surface area contributed by atoms with Crippen LogP contribution in [0.15, 0.2) is 0 Å². The summed E-state index contributed by atoms with van der Waals surface area (Å²) in [5.74, 6) is -0.0610. The first-order valence-corrected chi connectivity index (χ1v) is 8.82. The van der Waals surface area contributed by atoms with Gasteiger partial charge in [-0.15, -0.1) is 0 Å². The van der Waals surface area contributed by atoms with Gasteiger partial charge < -0.3 is 15.1 Å². The van der Waals surface area contributed by atoms with Crippen molar-refractivity contribution >= 4 is 11.8 Å². The van der Waals surface area contributed by atoms with Crippen LogP contribution >= 0.6 is 0 Å². The van der Waals surface area contributed by atoms with Crippen molar-refractivity contribution in [2.75, 3.05) is 46.8 Å². The van der Waals surface area contributed by atoms with Crippen molar-refractivity contribution in [2.24, 2.45) is 5.41 Å². The third kappa shape index (κ3) is 6.06. The number of hydrogen-bond acceptors (Lipinski definition) is 4. The summed E-state index contributed by atoms with van der Waals surface area (Å²) in [6.45, 7) is 15.6. The van der Waals surface area contributed by atoms with Crippen LogP contribution in [0.25, 0.3) is 0 Å². The first-order valence-electron chi connectivity index (χ1n) is 8.82. The lowest BCUT2D eigenvalue weighted by Crippen LogP contribution is -2.59.